The first kappa shape index (κ1) is 20.9. The van der Waals surface area contributed by atoms with E-state index in [9.17, 15) is 4.79 Å². The molecular weight excluding hydrogens is 353 g/mol. The number of nitrogens with zero attached hydrogens (tertiary/aromatic N) is 3. The summed E-state index contributed by atoms with van der Waals surface area (Å²) in [5.41, 5.74) is 5.58. The number of carbonyl (C=O) groups is 1. The van der Waals surface area contributed by atoms with Gasteiger partial charge in [-0.15, -0.1) is 29.9 Å². The number of anilines is 1. The quantitative estimate of drug-likeness (QED) is 0.791. The molecule has 0 aliphatic carbocycles. The molecule has 24 heavy (non-hydrogen) atoms. The third-order valence-electron chi connectivity index (χ3n) is 4.40. The van der Waals surface area contributed by atoms with Crippen molar-refractivity contribution in [2.75, 3.05) is 24.5 Å². The Morgan fingerprint density at radius 2 is 2.21 bits per heavy atom. The van der Waals surface area contributed by atoms with Crippen LogP contribution >= 0.6 is 24.8 Å². The van der Waals surface area contributed by atoms with Crippen LogP contribution in [0, 0.1) is 0 Å². The first-order valence-electron chi connectivity index (χ1n) is 7.95. The molecule has 2 aliphatic rings. The fourth-order valence-electron chi connectivity index (χ4n) is 3.20. The fourth-order valence-corrected chi connectivity index (χ4v) is 3.20. The average molecular weight is 378 g/mol. The van der Waals surface area contributed by atoms with Crippen LogP contribution in [0.4, 0.5) is 5.82 Å². The summed E-state index contributed by atoms with van der Waals surface area (Å²) in [6.07, 6.45) is 5.12. The van der Waals surface area contributed by atoms with Crippen molar-refractivity contribution in [3.05, 3.63) is 18.3 Å². The fraction of sp³-hybridized carbons (Fsp3) is 0.667. The summed E-state index contributed by atoms with van der Waals surface area (Å²) in [5.74, 6) is 0.849. The maximum absolute atomic E-state index is 12.2. The summed E-state index contributed by atoms with van der Waals surface area (Å²) < 4.78 is 5.63. The van der Waals surface area contributed by atoms with E-state index in [0.29, 0.717) is 13.1 Å². The molecule has 1 amide bonds. The van der Waals surface area contributed by atoms with Gasteiger partial charge in [0.2, 0.25) is 5.91 Å². The molecule has 7 nitrogen and oxygen atoms in total. The number of rotatable bonds is 5. The predicted molar refractivity (Wildman–Crippen MR) is 96.9 cm³/mol. The summed E-state index contributed by atoms with van der Waals surface area (Å²) in [5, 5.41) is 11.1. The van der Waals surface area contributed by atoms with Crippen LogP contribution in [0.1, 0.15) is 25.7 Å². The van der Waals surface area contributed by atoms with E-state index in [1.165, 1.54) is 0 Å². The Morgan fingerprint density at radius 1 is 1.38 bits per heavy atom. The second-order valence-corrected chi connectivity index (χ2v) is 5.88. The van der Waals surface area contributed by atoms with Crippen LogP contribution in [-0.4, -0.2) is 54.0 Å². The Labute approximate surface area is 154 Å². The van der Waals surface area contributed by atoms with Crippen LogP contribution in [0.2, 0.25) is 0 Å². The van der Waals surface area contributed by atoms with Crippen molar-refractivity contribution in [1.82, 2.24) is 15.5 Å². The lowest BCUT2D eigenvalue weighted by Crippen LogP contribution is -2.44. The molecule has 2 fully saturated rings. The number of aromatic nitrogens is 2. The van der Waals surface area contributed by atoms with Crippen molar-refractivity contribution in [3.63, 3.8) is 0 Å². The molecule has 3 N–H and O–H groups in total. The molecule has 0 spiro atoms. The molecule has 1 aromatic rings. The van der Waals surface area contributed by atoms with Gasteiger partial charge in [-0.1, -0.05) is 0 Å². The van der Waals surface area contributed by atoms with E-state index >= 15 is 0 Å². The van der Waals surface area contributed by atoms with Crippen LogP contribution in [0.15, 0.2) is 18.3 Å². The number of ether oxygens (including phenoxy) is 1. The lowest BCUT2D eigenvalue weighted by Gasteiger charge is -2.25. The zero-order valence-electron chi connectivity index (χ0n) is 13.5. The van der Waals surface area contributed by atoms with E-state index in [0.717, 1.165) is 38.0 Å². The van der Waals surface area contributed by atoms with E-state index in [1.54, 1.807) is 6.20 Å². The Bertz CT molecular complexity index is 508. The van der Waals surface area contributed by atoms with Crippen molar-refractivity contribution in [1.29, 1.82) is 0 Å². The largest absolute Gasteiger partial charge is 0.364 e. The first-order chi connectivity index (χ1) is 10.8. The van der Waals surface area contributed by atoms with Gasteiger partial charge in [-0.25, -0.2) is 0 Å². The normalized spacial score (nSPS) is 25.7. The molecular formula is C15H25Cl2N5O2. The summed E-state index contributed by atoms with van der Waals surface area (Å²) >= 11 is 0. The monoisotopic (exact) mass is 377 g/mol. The van der Waals surface area contributed by atoms with Gasteiger partial charge in [-0.3, -0.25) is 4.79 Å². The third kappa shape index (κ3) is 4.92. The SMILES string of the molecule is Cl.Cl.NC[C@H]1CC[C@@H](C(=O)NCC2CCCN2c2cccnn2)O1. The van der Waals surface area contributed by atoms with Crippen molar-refractivity contribution in [2.24, 2.45) is 5.73 Å². The van der Waals surface area contributed by atoms with Gasteiger partial charge < -0.3 is 20.7 Å². The van der Waals surface area contributed by atoms with Gasteiger partial charge in [-0.05, 0) is 37.8 Å². The van der Waals surface area contributed by atoms with Gasteiger partial charge >= 0.3 is 0 Å². The predicted octanol–water partition coefficient (Wildman–Crippen LogP) is 0.911. The topological polar surface area (TPSA) is 93.4 Å². The second kappa shape index (κ2) is 9.98. The lowest BCUT2D eigenvalue weighted by atomic mass is 10.1. The minimum atomic E-state index is -0.347. The molecule has 0 bridgehead atoms. The number of hydrogen-bond acceptors (Lipinski definition) is 6. The molecule has 3 rings (SSSR count). The lowest BCUT2D eigenvalue weighted by molar-refractivity contribution is -0.131. The van der Waals surface area contributed by atoms with Crippen molar-refractivity contribution in [3.8, 4) is 0 Å². The maximum Gasteiger partial charge on any atom is 0.249 e. The van der Waals surface area contributed by atoms with Crippen LogP contribution < -0.4 is 16.0 Å². The van der Waals surface area contributed by atoms with E-state index in [4.69, 9.17) is 10.5 Å². The number of amides is 1. The molecule has 9 heteroatoms. The van der Waals surface area contributed by atoms with Gasteiger partial charge in [0.1, 0.15) is 6.10 Å². The van der Waals surface area contributed by atoms with Crippen LogP contribution in [0.5, 0.6) is 0 Å². The van der Waals surface area contributed by atoms with E-state index in [-0.39, 0.29) is 49.0 Å². The van der Waals surface area contributed by atoms with Gasteiger partial charge in [0, 0.05) is 31.9 Å². The first-order valence-corrected chi connectivity index (χ1v) is 7.95. The molecule has 1 aromatic heterocycles. The van der Waals surface area contributed by atoms with Crippen LogP contribution in [0.3, 0.4) is 0 Å². The Kier molecular flexibility index (Phi) is 8.69. The van der Waals surface area contributed by atoms with Gasteiger partial charge in [0.05, 0.1) is 6.10 Å². The zero-order valence-corrected chi connectivity index (χ0v) is 15.1. The van der Waals surface area contributed by atoms with Gasteiger partial charge in [-0.2, -0.15) is 5.10 Å². The number of hydrogen-bond donors (Lipinski definition) is 2. The number of carbonyl (C=O) groups excluding carboxylic acids is 1. The van der Waals surface area contributed by atoms with E-state index in [2.05, 4.69) is 20.4 Å². The van der Waals surface area contributed by atoms with Crippen molar-refractivity contribution >= 4 is 36.5 Å². The Balaban J connectivity index is 0.00000144. The highest BCUT2D eigenvalue weighted by molar-refractivity contribution is 5.85. The summed E-state index contributed by atoms with van der Waals surface area (Å²) in [4.78, 5) is 14.4. The zero-order chi connectivity index (χ0) is 15.4. The molecule has 0 aromatic carbocycles. The number of nitrogens with two attached hydrogens (primary N) is 1. The average Bonchev–Trinajstić information content (AvgIpc) is 3.22. The second-order valence-electron chi connectivity index (χ2n) is 5.88. The van der Waals surface area contributed by atoms with Gasteiger partial charge in [0.15, 0.2) is 5.82 Å². The summed E-state index contributed by atoms with van der Waals surface area (Å²) in [7, 11) is 0. The molecule has 136 valence electrons. The van der Waals surface area contributed by atoms with E-state index in [1.807, 2.05) is 12.1 Å². The molecule has 0 saturated carbocycles. The standard InChI is InChI=1S/C15H23N5O2.2ClH/c16-9-12-5-6-13(22-12)15(21)17-10-11-3-2-8-20(11)14-4-1-7-18-19-14;;/h1,4,7,11-13H,2-3,5-6,8-10,16H2,(H,17,21);2*1H/t11?,12-,13+;;/m1../s1. The molecule has 1 unspecified atom stereocenters. The van der Waals surface area contributed by atoms with Crippen molar-refractivity contribution < 1.29 is 9.53 Å². The highest BCUT2D eigenvalue weighted by atomic mass is 35.5. The summed E-state index contributed by atoms with van der Waals surface area (Å²) in [6, 6.07) is 4.11. The third-order valence-corrected chi connectivity index (χ3v) is 4.40. The van der Waals surface area contributed by atoms with Crippen LogP contribution in [0.25, 0.3) is 0 Å². The number of halogens is 2. The Hall–Kier alpha value is -1.15. The smallest absolute Gasteiger partial charge is 0.249 e. The molecule has 2 aliphatic heterocycles. The molecule has 0 radical (unpaired) electrons. The Morgan fingerprint density at radius 3 is 2.88 bits per heavy atom. The summed E-state index contributed by atoms with van der Waals surface area (Å²) in [6.45, 7) is 2.05. The minimum Gasteiger partial charge on any atom is -0.364 e. The number of nitrogens with one attached hydrogen (secondary N) is 1. The molecule has 2 saturated heterocycles. The van der Waals surface area contributed by atoms with Gasteiger partial charge in [0.25, 0.3) is 0 Å². The maximum atomic E-state index is 12.2. The highest BCUT2D eigenvalue weighted by Crippen LogP contribution is 2.23. The van der Waals surface area contributed by atoms with Crippen LogP contribution in [-0.2, 0) is 9.53 Å². The molecule has 3 atom stereocenters. The molecule has 3 heterocycles. The highest BCUT2D eigenvalue weighted by Gasteiger charge is 2.31. The van der Waals surface area contributed by atoms with Crippen molar-refractivity contribution in [2.45, 2.75) is 43.9 Å². The minimum absolute atomic E-state index is 0. The van der Waals surface area contributed by atoms with E-state index < -0.39 is 0 Å².